The van der Waals surface area contributed by atoms with Crippen LogP contribution in [0.25, 0.3) is 11.0 Å². The molecule has 4 nitrogen and oxygen atoms in total. The molecule has 0 bridgehead atoms. The number of benzene rings is 1. The fraction of sp³-hybridized carbons (Fsp3) is 0.429. The van der Waals surface area contributed by atoms with Crippen molar-refractivity contribution in [2.75, 3.05) is 0 Å². The lowest BCUT2D eigenvalue weighted by Crippen LogP contribution is -2.00. The summed E-state index contributed by atoms with van der Waals surface area (Å²) in [6.07, 6.45) is 3.76. The standard InChI is InChI=1S/C14H19N3O/c1-2-3-4-8-12(18)10-6-5-7-11-14(10)17-13(9-15)16-11/h5-7H,2-4,8-9,15H2,1H3,(H,16,17). The van der Waals surface area contributed by atoms with Crippen molar-refractivity contribution in [3.63, 3.8) is 0 Å². The normalized spacial score (nSPS) is 11.0. The molecule has 1 heterocycles. The zero-order chi connectivity index (χ0) is 13.0. The number of aromatic nitrogens is 2. The van der Waals surface area contributed by atoms with E-state index in [0.717, 1.165) is 36.1 Å². The number of nitrogens with zero attached hydrogens (tertiary/aromatic N) is 1. The topological polar surface area (TPSA) is 71.8 Å². The van der Waals surface area contributed by atoms with Crippen LogP contribution in [-0.4, -0.2) is 15.8 Å². The van der Waals surface area contributed by atoms with E-state index in [-0.39, 0.29) is 5.78 Å². The van der Waals surface area contributed by atoms with Crippen molar-refractivity contribution in [1.29, 1.82) is 0 Å². The lowest BCUT2D eigenvalue weighted by molar-refractivity contribution is 0.0981. The van der Waals surface area contributed by atoms with Crippen molar-refractivity contribution in [1.82, 2.24) is 9.97 Å². The average molecular weight is 245 g/mol. The van der Waals surface area contributed by atoms with Gasteiger partial charge in [0.05, 0.1) is 17.6 Å². The van der Waals surface area contributed by atoms with Crippen molar-refractivity contribution in [2.45, 2.75) is 39.2 Å². The molecule has 2 aromatic rings. The highest BCUT2D eigenvalue weighted by molar-refractivity contribution is 6.06. The third kappa shape index (κ3) is 2.59. The number of H-pyrrole nitrogens is 1. The zero-order valence-electron chi connectivity index (χ0n) is 10.7. The first-order valence-electron chi connectivity index (χ1n) is 6.47. The van der Waals surface area contributed by atoms with Crippen LogP contribution in [-0.2, 0) is 6.54 Å². The van der Waals surface area contributed by atoms with Crippen molar-refractivity contribution >= 4 is 16.8 Å². The van der Waals surface area contributed by atoms with Crippen LogP contribution >= 0.6 is 0 Å². The van der Waals surface area contributed by atoms with Gasteiger partial charge < -0.3 is 10.7 Å². The molecule has 1 aromatic carbocycles. The molecule has 0 aliphatic rings. The van der Waals surface area contributed by atoms with Crippen LogP contribution in [0.2, 0.25) is 0 Å². The van der Waals surface area contributed by atoms with E-state index >= 15 is 0 Å². The smallest absolute Gasteiger partial charge is 0.165 e. The summed E-state index contributed by atoms with van der Waals surface area (Å²) in [4.78, 5) is 19.6. The number of carbonyl (C=O) groups excluding carboxylic acids is 1. The summed E-state index contributed by atoms with van der Waals surface area (Å²) >= 11 is 0. The van der Waals surface area contributed by atoms with E-state index in [0.29, 0.717) is 18.5 Å². The van der Waals surface area contributed by atoms with Crippen LogP contribution in [0.4, 0.5) is 0 Å². The van der Waals surface area contributed by atoms with Crippen molar-refractivity contribution < 1.29 is 4.79 Å². The van der Waals surface area contributed by atoms with E-state index in [1.54, 1.807) is 0 Å². The quantitative estimate of drug-likeness (QED) is 0.607. The molecule has 0 radical (unpaired) electrons. The second-order valence-electron chi connectivity index (χ2n) is 4.47. The Hall–Kier alpha value is -1.68. The minimum atomic E-state index is 0.170. The predicted octanol–water partition coefficient (Wildman–Crippen LogP) is 2.78. The first kappa shape index (κ1) is 12.8. The molecule has 0 atom stereocenters. The summed E-state index contributed by atoms with van der Waals surface area (Å²) in [5, 5.41) is 0. The molecule has 0 saturated carbocycles. The lowest BCUT2D eigenvalue weighted by atomic mass is 10.0. The second kappa shape index (κ2) is 5.78. The maximum absolute atomic E-state index is 12.1. The third-order valence-electron chi connectivity index (χ3n) is 3.06. The van der Waals surface area contributed by atoms with E-state index in [4.69, 9.17) is 5.73 Å². The number of rotatable bonds is 6. The molecule has 96 valence electrons. The van der Waals surface area contributed by atoms with Gasteiger partial charge in [0.25, 0.3) is 0 Å². The Morgan fingerprint density at radius 1 is 1.39 bits per heavy atom. The van der Waals surface area contributed by atoms with Gasteiger partial charge in [0, 0.05) is 12.0 Å². The van der Waals surface area contributed by atoms with Crippen LogP contribution in [0, 0.1) is 0 Å². The monoisotopic (exact) mass is 245 g/mol. The molecule has 0 amide bonds. The molecule has 4 heteroatoms. The number of nitrogens with one attached hydrogen (secondary N) is 1. The van der Waals surface area contributed by atoms with Crippen LogP contribution in [0.3, 0.4) is 0 Å². The maximum Gasteiger partial charge on any atom is 0.165 e. The van der Waals surface area contributed by atoms with Gasteiger partial charge in [0.2, 0.25) is 0 Å². The number of ketones is 1. The maximum atomic E-state index is 12.1. The Balaban J connectivity index is 2.26. The highest BCUT2D eigenvalue weighted by Gasteiger charge is 2.12. The summed E-state index contributed by atoms with van der Waals surface area (Å²) < 4.78 is 0. The molecule has 0 unspecified atom stereocenters. The van der Waals surface area contributed by atoms with Gasteiger partial charge in [0.15, 0.2) is 5.78 Å². The number of aromatic amines is 1. The minimum absolute atomic E-state index is 0.170. The Morgan fingerprint density at radius 3 is 2.94 bits per heavy atom. The second-order valence-corrected chi connectivity index (χ2v) is 4.47. The van der Waals surface area contributed by atoms with E-state index in [1.807, 2.05) is 18.2 Å². The summed E-state index contributed by atoms with van der Waals surface area (Å²) in [6.45, 7) is 2.49. The molecular weight excluding hydrogens is 226 g/mol. The largest absolute Gasteiger partial charge is 0.341 e. The average Bonchev–Trinajstić information content (AvgIpc) is 2.81. The zero-order valence-corrected chi connectivity index (χ0v) is 10.7. The lowest BCUT2D eigenvalue weighted by Gasteiger charge is -2.01. The molecule has 0 spiro atoms. The Labute approximate surface area is 107 Å². The van der Waals surface area contributed by atoms with Crippen LogP contribution in [0.1, 0.15) is 48.8 Å². The number of hydrogen-bond donors (Lipinski definition) is 2. The first-order valence-corrected chi connectivity index (χ1v) is 6.47. The molecule has 0 saturated heterocycles. The Morgan fingerprint density at radius 2 is 2.22 bits per heavy atom. The molecule has 18 heavy (non-hydrogen) atoms. The van der Waals surface area contributed by atoms with Crippen molar-refractivity contribution in [2.24, 2.45) is 5.73 Å². The number of Topliss-reactive ketones (excluding diaryl/α,β-unsaturated/α-hetero) is 1. The van der Waals surface area contributed by atoms with Gasteiger partial charge in [-0.1, -0.05) is 25.8 Å². The molecule has 1 aromatic heterocycles. The number of fused-ring (bicyclic) bond motifs is 1. The number of hydrogen-bond acceptors (Lipinski definition) is 3. The molecular formula is C14H19N3O. The van der Waals surface area contributed by atoms with Gasteiger partial charge in [-0.25, -0.2) is 4.98 Å². The summed E-state index contributed by atoms with van der Waals surface area (Å²) in [6, 6.07) is 5.65. The predicted molar refractivity (Wildman–Crippen MR) is 72.5 cm³/mol. The first-order chi connectivity index (χ1) is 8.76. The van der Waals surface area contributed by atoms with Crippen LogP contribution in [0.5, 0.6) is 0 Å². The fourth-order valence-corrected chi connectivity index (χ4v) is 2.08. The third-order valence-corrected chi connectivity index (χ3v) is 3.06. The van der Waals surface area contributed by atoms with Crippen LogP contribution < -0.4 is 5.73 Å². The molecule has 2 rings (SSSR count). The van der Waals surface area contributed by atoms with E-state index in [1.165, 1.54) is 0 Å². The number of nitrogens with two attached hydrogens (primary N) is 1. The molecule has 0 aliphatic carbocycles. The van der Waals surface area contributed by atoms with Gasteiger partial charge in [-0.2, -0.15) is 0 Å². The number of imidazole rings is 1. The number of carbonyl (C=O) groups is 1. The van der Waals surface area contributed by atoms with Gasteiger partial charge >= 0.3 is 0 Å². The molecule has 0 fully saturated rings. The van der Waals surface area contributed by atoms with Crippen molar-refractivity contribution in [3.8, 4) is 0 Å². The van der Waals surface area contributed by atoms with Crippen molar-refractivity contribution in [3.05, 3.63) is 29.6 Å². The van der Waals surface area contributed by atoms with E-state index < -0.39 is 0 Å². The van der Waals surface area contributed by atoms with E-state index in [9.17, 15) is 4.79 Å². The summed E-state index contributed by atoms with van der Waals surface area (Å²) in [5.74, 6) is 0.892. The minimum Gasteiger partial charge on any atom is -0.341 e. The molecule has 3 N–H and O–H groups in total. The molecule has 0 aliphatic heterocycles. The Bertz CT molecular complexity index is 545. The summed E-state index contributed by atoms with van der Waals surface area (Å²) in [7, 11) is 0. The number of unbranched alkanes of at least 4 members (excludes halogenated alkanes) is 2. The summed E-state index contributed by atoms with van der Waals surface area (Å²) in [5.41, 5.74) is 7.90. The number of para-hydroxylation sites is 1. The highest BCUT2D eigenvalue weighted by Crippen LogP contribution is 2.19. The van der Waals surface area contributed by atoms with Gasteiger partial charge in [-0.05, 0) is 18.6 Å². The van der Waals surface area contributed by atoms with Gasteiger partial charge in [-0.15, -0.1) is 0 Å². The van der Waals surface area contributed by atoms with Crippen LogP contribution in [0.15, 0.2) is 18.2 Å². The highest BCUT2D eigenvalue weighted by atomic mass is 16.1. The van der Waals surface area contributed by atoms with E-state index in [2.05, 4.69) is 16.9 Å². The van der Waals surface area contributed by atoms with Gasteiger partial charge in [0.1, 0.15) is 5.82 Å². The fourth-order valence-electron chi connectivity index (χ4n) is 2.08. The van der Waals surface area contributed by atoms with Gasteiger partial charge in [-0.3, -0.25) is 4.79 Å². The SMILES string of the molecule is CCCCCC(=O)c1cccc2[nH]c(CN)nc12. The Kier molecular flexibility index (Phi) is 4.10.